The minimum atomic E-state index is -4.75. The Balaban J connectivity index is 2.33. The molecule has 1 aliphatic carbocycles. The fourth-order valence-electron chi connectivity index (χ4n) is 3.00. The van der Waals surface area contributed by atoms with E-state index in [1.54, 1.807) is 6.08 Å². The topological polar surface area (TPSA) is 78.0 Å². The van der Waals surface area contributed by atoms with Crippen LogP contribution in [-0.4, -0.2) is 18.2 Å². The lowest BCUT2D eigenvalue weighted by atomic mass is 9.88. The summed E-state index contributed by atoms with van der Waals surface area (Å²) in [6, 6.07) is 3.62. The molecule has 1 aliphatic rings. The number of nitrogens with zero attached hydrogens (tertiary/aromatic N) is 2. The second kappa shape index (κ2) is 6.30. The molecule has 0 saturated carbocycles. The number of rotatable bonds is 3. The molecular weight excluding hydrogens is 355 g/mol. The third-order valence-corrected chi connectivity index (χ3v) is 5.05. The summed E-state index contributed by atoms with van der Waals surface area (Å²) in [7, 11) is -4.39. The first-order valence-corrected chi connectivity index (χ1v) is 9.17. The Morgan fingerprint density at radius 3 is 2.56 bits per heavy atom. The van der Waals surface area contributed by atoms with Gasteiger partial charge in [-0.25, -0.2) is 18.2 Å². The minimum Gasteiger partial charge on any atom is -0.239 e. The van der Waals surface area contributed by atoms with E-state index in [9.17, 15) is 21.6 Å². The van der Waals surface area contributed by atoms with Crippen molar-refractivity contribution in [3.63, 3.8) is 0 Å². The fourth-order valence-corrected chi connectivity index (χ4v) is 3.78. The summed E-state index contributed by atoms with van der Waals surface area (Å²) in [6.45, 7) is 0. The zero-order chi connectivity index (χ0) is 18.2. The molecule has 25 heavy (non-hydrogen) atoms. The highest BCUT2D eigenvalue weighted by atomic mass is 32.2. The number of aromatic nitrogens is 2. The van der Waals surface area contributed by atoms with Crippen molar-refractivity contribution < 1.29 is 21.6 Å². The summed E-state index contributed by atoms with van der Waals surface area (Å²) >= 11 is 0. The van der Waals surface area contributed by atoms with Crippen LogP contribution in [0.2, 0.25) is 0 Å². The summed E-state index contributed by atoms with van der Waals surface area (Å²) in [6.07, 6.45) is 3.79. The van der Waals surface area contributed by atoms with E-state index in [1.165, 1.54) is 24.5 Å². The average molecular weight is 371 g/mol. The lowest BCUT2D eigenvalue weighted by Crippen LogP contribution is -2.21. The fraction of sp³-hybridized carbons (Fsp3) is 0.312. The second-order valence-electron chi connectivity index (χ2n) is 5.87. The molecule has 3 rings (SSSR count). The van der Waals surface area contributed by atoms with Gasteiger partial charge in [0, 0.05) is 18.3 Å². The Labute approximate surface area is 143 Å². The molecule has 1 aromatic carbocycles. The molecular formula is C16H16F3N3O2S. The molecule has 0 spiro atoms. The van der Waals surface area contributed by atoms with Crippen LogP contribution in [0.15, 0.2) is 47.6 Å². The monoisotopic (exact) mass is 371 g/mol. The largest absolute Gasteiger partial charge is 0.418 e. The van der Waals surface area contributed by atoms with Gasteiger partial charge < -0.3 is 0 Å². The van der Waals surface area contributed by atoms with E-state index in [0.717, 1.165) is 23.6 Å². The summed E-state index contributed by atoms with van der Waals surface area (Å²) < 4.78 is 65.9. The maximum absolute atomic E-state index is 13.7. The molecule has 0 fully saturated rings. The summed E-state index contributed by atoms with van der Waals surface area (Å²) in [5, 5.41) is 8.98. The lowest BCUT2D eigenvalue weighted by molar-refractivity contribution is -0.137. The van der Waals surface area contributed by atoms with Gasteiger partial charge in [0.15, 0.2) is 0 Å². The van der Waals surface area contributed by atoms with Crippen molar-refractivity contribution in [2.45, 2.75) is 36.3 Å². The zero-order valence-electron chi connectivity index (χ0n) is 13.1. The predicted molar refractivity (Wildman–Crippen MR) is 85.7 cm³/mol. The molecule has 5 nitrogen and oxygen atoms in total. The normalized spacial score (nSPS) is 18.5. The molecule has 134 valence electrons. The Hall–Kier alpha value is -2.13. The Morgan fingerprint density at radius 1 is 1.28 bits per heavy atom. The third kappa shape index (κ3) is 3.62. The first-order chi connectivity index (χ1) is 11.7. The predicted octanol–water partition coefficient (Wildman–Crippen LogP) is 3.36. The summed E-state index contributed by atoms with van der Waals surface area (Å²) in [4.78, 5) is -0.583. The van der Waals surface area contributed by atoms with Crippen LogP contribution < -0.4 is 5.14 Å². The van der Waals surface area contributed by atoms with Crippen LogP contribution in [0.5, 0.6) is 0 Å². The standard InChI is InChI=1S/C16H16F3N3O2S/c17-16(18,19)13-9-12(11-5-2-1-3-6-11)10-14(25(20,23)24)15(13)22-8-4-7-21-22/h2,4-5,7-11H,1,3,6H2,(H2,20,23,24). The molecule has 0 saturated heterocycles. The molecule has 1 atom stereocenters. The van der Waals surface area contributed by atoms with E-state index in [2.05, 4.69) is 5.10 Å². The number of halogens is 3. The van der Waals surface area contributed by atoms with Gasteiger partial charge in [-0.3, -0.25) is 0 Å². The highest BCUT2D eigenvalue weighted by Gasteiger charge is 2.38. The van der Waals surface area contributed by atoms with Crippen molar-refractivity contribution in [3.05, 3.63) is 53.9 Å². The molecule has 2 N–H and O–H groups in total. The van der Waals surface area contributed by atoms with E-state index in [4.69, 9.17) is 5.14 Å². The van der Waals surface area contributed by atoms with Crippen LogP contribution in [0, 0.1) is 0 Å². The van der Waals surface area contributed by atoms with Crippen molar-refractivity contribution in [1.29, 1.82) is 0 Å². The van der Waals surface area contributed by atoms with Gasteiger partial charge in [0.25, 0.3) is 0 Å². The van der Waals surface area contributed by atoms with Crippen molar-refractivity contribution >= 4 is 10.0 Å². The maximum atomic E-state index is 13.7. The molecule has 2 aromatic rings. The second-order valence-corrected chi connectivity index (χ2v) is 7.40. The van der Waals surface area contributed by atoms with Crippen LogP contribution in [0.3, 0.4) is 0 Å². The maximum Gasteiger partial charge on any atom is 0.418 e. The zero-order valence-corrected chi connectivity index (χ0v) is 13.9. The van der Waals surface area contributed by atoms with E-state index in [-0.39, 0.29) is 11.5 Å². The minimum absolute atomic E-state index is 0.276. The van der Waals surface area contributed by atoms with Crippen molar-refractivity contribution in [2.75, 3.05) is 0 Å². The number of allylic oxidation sites excluding steroid dienone is 2. The van der Waals surface area contributed by atoms with E-state index in [1.807, 2.05) is 6.08 Å². The number of hydrogen-bond donors (Lipinski definition) is 1. The molecule has 1 unspecified atom stereocenters. The van der Waals surface area contributed by atoms with Gasteiger partial charge in [-0.15, -0.1) is 0 Å². The van der Waals surface area contributed by atoms with Gasteiger partial charge >= 0.3 is 6.18 Å². The number of primary sulfonamides is 1. The van der Waals surface area contributed by atoms with Crippen LogP contribution in [-0.2, 0) is 16.2 Å². The number of nitrogens with two attached hydrogens (primary N) is 1. The van der Waals surface area contributed by atoms with E-state index >= 15 is 0 Å². The van der Waals surface area contributed by atoms with Gasteiger partial charge in [-0.05, 0) is 43.0 Å². The summed E-state index contributed by atoms with van der Waals surface area (Å²) in [5.41, 5.74) is -1.37. The quantitative estimate of drug-likeness (QED) is 0.841. The van der Waals surface area contributed by atoms with Gasteiger partial charge in [0.05, 0.1) is 11.3 Å². The van der Waals surface area contributed by atoms with Gasteiger partial charge in [0.2, 0.25) is 10.0 Å². The SMILES string of the molecule is NS(=O)(=O)c1cc(C2C=CCCC2)cc(C(F)(F)F)c1-n1cccn1. The van der Waals surface area contributed by atoms with Crippen LogP contribution in [0.25, 0.3) is 5.69 Å². The molecule has 0 bridgehead atoms. The molecule has 0 radical (unpaired) electrons. The Morgan fingerprint density at radius 2 is 2.04 bits per heavy atom. The first-order valence-electron chi connectivity index (χ1n) is 7.62. The number of sulfonamides is 1. The molecule has 0 aliphatic heterocycles. The van der Waals surface area contributed by atoms with Gasteiger partial charge in [-0.2, -0.15) is 18.3 Å². The van der Waals surface area contributed by atoms with Crippen molar-refractivity contribution in [3.8, 4) is 5.69 Å². The van der Waals surface area contributed by atoms with Crippen LogP contribution in [0.4, 0.5) is 13.2 Å². The number of hydrogen-bond acceptors (Lipinski definition) is 3. The number of benzene rings is 1. The highest BCUT2D eigenvalue weighted by Crippen LogP contribution is 2.40. The molecule has 0 amide bonds. The van der Waals surface area contributed by atoms with Gasteiger partial charge in [-0.1, -0.05) is 12.2 Å². The first kappa shape index (κ1) is 17.7. The Bertz CT molecular complexity index is 903. The Kier molecular flexibility index (Phi) is 4.46. The van der Waals surface area contributed by atoms with Gasteiger partial charge in [0.1, 0.15) is 4.90 Å². The molecule has 1 heterocycles. The highest BCUT2D eigenvalue weighted by molar-refractivity contribution is 7.89. The molecule has 1 aromatic heterocycles. The van der Waals surface area contributed by atoms with Crippen LogP contribution in [0.1, 0.15) is 36.3 Å². The van der Waals surface area contributed by atoms with Crippen molar-refractivity contribution in [1.82, 2.24) is 9.78 Å². The number of alkyl halides is 3. The average Bonchev–Trinajstić information content (AvgIpc) is 3.07. The van der Waals surface area contributed by atoms with Crippen molar-refractivity contribution in [2.24, 2.45) is 5.14 Å². The lowest BCUT2D eigenvalue weighted by Gasteiger charge is -2.22. The van der Waals surface area contributed by atoms with Crippen LogP contribution >= 0.6 is 0 Å². The summed E-state index contributed by atoms with van der Waals surface area (Å²) in [5.74, 6) is -0.276. The van der Waals surface area contributed by atoms with E-state index in [0.29, 0.717) is 6.42 Å². The smallest absolute Gasteiger partial charge is 0.239 e. The third-order valence-electron chi connectivity index (χ3n) is 4.13. The molecule has 9 heteroatoms. The van der Waals surface area contributed by atoms with E-state index < -0.39 is 32.3 Å².